The molecule has 2 aromatic rings. The first kappa shape index (κ1) is 11.7. The standard InChI is InChI=1S/C13H14N2OS/c1-3-4-9-11(15)10(7-14)17-13(9)12-8(2)5-6-16-12/h5-6H,3-4,15H2,1-2H3. The van der Waals surface area contributed by atoms with Gasteiger partial charge in [-0.3, -0.25) is 0 Å². The molecule has 0 unspecified atom stereocenters. The summed E-state index contributed by atoms with van der Waals surface area (Å²) < 4.78 is 5.50. The molecule has 0 amide bonds. The summed E-state index contributed by atoms with van der Waals surface area (Å²) in [5, 5.41) is 9.04. The number of nitrogen functional groups attached to an aromatic ring is 1. The molecule has 0 spiro atoms. The number of hydrogen-bond donors (Lipinski definition) is 1. The van der Waals surface area contributed by atoms with E-state index in [1.165, 1.54) is 11.3 Å². The van der Waals surface area contributed by atoms with Crippen LogP contribution < -0.4 is 5.73 Å². The van der Waals surface area contributed by atoms with E-state index in [0.717, 1.165) is 34.6 Å². The van der Waals surface area contributed by atoms with E-state index in [-0.39, 0.29) is 0 Å². The van der Waals surface area contributed by atoms with Gasteiger partial charge in [0.15, 0.2) is 0 Å². The quantitative estimate of drug-likeness (QED) is 0.897. The molecule has 0 aliphatic carbocycles. The molecule has 0 aliphatic rings. The maximum atomic E-state index is 9.04. The second-order valence-corrected chi connectivity index (χ2v) is 4.97. The molecular formula is C13H14N2OS. The van der Waals surface area contributed by atoms with Crippen LogP contribution in [0.1, 0.15) is 29.3 Å². The summed E-state index contributed by atoms with van der Waals surface area (Å²) in [6, 6.07) is 4.07. The van der Waals surface area contributed by atoms with Crippen LogP contribution in [0.5, 0.6) is 0 Å². The third kappa shape index (κ3) is 1.94. The summed E-state index contributed by atoms with van der Waals surface area (Å²) in [4.78, 5) is 1.59. The predicted octanol–water partition coefficient (Wildman–Crippen LogP) is 3.72. The molecule has 88 valence electrons. The minimum atomic E-state index is 0.583. The number of nitrogens with zero attached hydrogens (tertiary/aromatic N) is 1. The van der Waals surface area contributed by atoms with Crippen LogP contribution >= 0.6 is 11.3 Å². The third-order valence-corrected chi connectivity index (χ3v) is 3.87. The van der Waals surface area contributed by atoms with Gasteiger partial charge in [-0.05, 0) is 30.5 Å². The molecule has 4 heteroatoms. The van der Waals surface area contributed by atoms with E-state index < -0.39 is 0 Å². The SMILES string of the molecule is CCCc1c(-c2occc2C)sc(C#N)c1N. The summed E-state index contributed by atoms with van der Waals surface area (Å²) in [5.74, 6) is 0.839. The van der Waals surface area contributed by atoms with Gasteiger partial charge in [-0.2, -0.15) is 5.26 Å². The Labute approximate surface area is 104 Å². The zero-order valence-corrected chi connectivity index (χ0v) is 10.7. The molecule has 0 saturated heterocycles. The van der Waals surface area contributed by atoms with Crippen LogP contribution in [-0.2, 0) is 6.42 Å². The number of thiophene rings is 1. The number of aryl methyl sites for hydroxylation is 1. The van der Waals surface area contributed by atoms with E-state index in [4.69, 9.17) is 15.4 Å². The molecule has 0 bridgehead atoms. The Morgan fingerprint density at radius 1 is 1.53 bits per heavy atom. The molecule has 2 heterocycles. The Kier molecular flexibility index (Phi) is 3.21. The van der Waals surface area contributed by atoms with Crippen LogP contribution in [-0.4, -0.2) is 0 Å². The fourth-order valence-corrected chi connectivity index (χ4v) is 2.97. The van der Waals surface area contributed by atoms with Crippen LogP contribution in [0.3, 0.4) is 0 Å². The first-order valence-corrected chi connectivity index (χ1v) is 6.36. The lowest BCUT2D eigenvalue weighted by molar-refractivity contribution is 0.581. The van der Waals surface area contributed by atoms with E-state index in [9.17, 15) is 0 Å². The number of hydrogen-bond acceptors (Lipinski definition) is 4. The molecule has 0 radical (unpaired) electrons. The van der Waals surface area contributed by atoms with Crippen molar-refractivity contribution < 1.29 is 4.42 Å². The minimum absolute atomic E-state index is 0.583. The summed E-state index contributed by atoms with van der Waals surface area (Å²) in [6.07, 6.45) is 3.54. The number of nitrogens with two attached hydrogens (primary N) is 1. The van der Waals surface area contributed by atoms with Gasteiger partial charge in [-0.15, -0.1) is 11.3 Å². The van der Waals surface area contributed by atoms with Crippen molar-refractivity contribution in [3.8, 4) is 16.7 Å². The largest absolute Gasteiger partial charge is 0.463 e. The average molecular weight is 246 g/mol. The minimum Gasteiger partial charge on any atom is -0.463 e. The topological polar surface area (TPSA) is 63.0 Å². The number of nitriles is 1. The molecule has 0 fully saturated rings. The highest BCUT2D eigenvalue weighted by molar-refractivity contribution is 7.16. The Bertz CT molecular complexity index is 575. The van der Waals surface area contributed by atoms with Gasteiger partial charge in [0.1, 0.15) is 16.7 Å². The summed E-state index contributed by atoms with van der Waals surface area (Å²) in [7, 11) is 0. The Hall–Kier alpha value is -1.73. The average Bonchev–Trinajstić information content (AvgIpc) is 2.85. The van der Waals surface area contributed by atoms with Crippen molar-refractivity contribution in [3.05, 3.63) is 28.3 Å². The van der Waals surface area contributed by atoms with Gasteiger partial charge in [0.05, 0.1) is 16.8 Å². The summed E-state index contributed by atoms with van der Waals surface area (Å²) in [5.41, 5.74) is 8.74. The molecular weight excluding hydrogens is 232 g/mol. The second kappa shape index (κ2) is 4.64. The second-order valence-electron chi connectivity index (χ2n) is 3.95. The van der Waals surface area contributed by atoms with Crippen LogP contribution in [0.15, 0.2) is 16.7 Å². The van der Waals surface area contributed by atoms with Crippen molar-refractivity contribution in [2.75, 3.05) is 5.73 Å². The molecule has 0 aromatic carbocycles. The van der Waals surface area contributed by atoms with Gasteiger partial charge in [0, 0.05) is 0 Å². The van der Waals surface area contributed by atoms with E-state index >= 15 is 0 Å². The fraction of sp³-hybridized carbons (Fsp3) is 0.308. The molecule has 2 rings (SSSR count). The lowest BCUT2D eigenvalue weighted by Gasteiger charge is -2.02. The highest BCUT2D eigenvalue weighted by atomic mass is 32.1. The van der Waals surface area contributed by atoms with Gasteiger partial charge in [-0.25, -0.2) is 0 Å². The van der Waals surface area contributed by atoms with Gasteiger partial charge in [0.2, 0.25) is 0 Å². The molecule has 2 N–H and O–H groups in total. The number of furan rings is 1. The fourth-order valence-electron chi connectivity index (χ4n) is 1.85. The molecule has 17 heavy (non-hydrogen) atoms. The van der Waals surface area contributed by atoms with Gasteiger partial charge in [-0.1, -0.05) is 13.3 Å². The maximum Gasteiger partial charge on any atom is 0.147 e. The first-order valence-electron chi connectivity index (χ1n) is 5.54. The molecule has 0 aliphatic heterocycles. The molecule has 0 saturated carbocycles. The Balaban J connectivity index is 2.61. The summed E-state index contributed by atoms with van der Waals surface area (Å²) >= 11 is 1.42. The van der Waals surface area contributed by atoms with Gasteiger partial charge in [0.25, 0.3) is 0 Å². The van der Waals surface area contributed by atoms with Crippen LogP contribution in [0.4, 0.5) is 5.69 Å². The van der Waals surface area contributed by atoms with Crippen molar-refractivity contribution in [3.63, 3.8) is 0 Å². The lowest BCUT2D eigenvalue weighted by Crippen LogP contribution is -1.93. The lowest BCUT2D eigenvalue weighted by atomic mass is 10.1. The normalized spacial score (nSPS) is 10.4. The van der Waals surface area contributed by atoms with Crippen molar-refractivity contribution in [1.29, 1.82) is 5.26 Å². The monoisotopic (exact) mass is 246 g/mol. The highest BCUT2D eigenvalue weighted by Gasteiger charge is 2.19. The zero-order chi connectivity index (χ0) is 12.4. The number of anilines is 1. The Morgan fingerprint density at radius 2 is 2.29 bits per heavy atom. The zero-order valence-electron chi connectivity index (χ0n) is 9.91. The van der Waals surface area contributed by atoms with Crippen molar-refractivity contribution in [2.45, 2.75) is 26.7 Å². The van der Waals surface area contributed by atoms with Crippen molar-refractivity contribution in [2.24, 2.45) is 0 Å². The van der Waals surface area contributed by atoms with E-state index in [1.807, 2.05) is 13.0 Å². The van der Waals surface area contributed by atoms with Crippen LogP contribution in [0.2, 0.25) is 0 Å². The third-order valence-electron chi connectivity index (χ3n) is 2.72. The van der Waals surface area contributed by atoms with Crippen LogP contribution in [0, 0.1) is 18.3 Å². The highest BCUT2D eigenvalue weighted by Crippen LogP contribution is 2.40. The summed E-state index contributed by atoms with van der Waals surface area (Å²) in [6.45, 7) is 4.10. The smallest absolute Gasteiger partial charge is 0.147 e. The molecule has 3 nitrogen and oxygen atoms in total. The van der Waals surface area contributed by atoms with Gasteiger partial charge < -0.3 is 10.2 Å². The van der Waals surface area contributed by atoms with Crippen LogP contribution in [0.25, 0.3) is 10.6 Å². The molecule has 2 aromatic heterocycles. The van der Waals surface area contributed by atoms with Gasteiger partial charge >= 0.3 is 0 Å². The van der Waals surface area contributed by atoms with E-state index in [2.05, 4.69) is 13.0 Å². The van der Waals surface area contributed by atoms with E-state index in [1.54, 1.807) is 6.26 Å². The molecule has 0 atom stereocenters. The predicted molar refractivity (Wildman–Crippen MR) is 69.9 cm³/mol. The van der Waals surface area contributed by atoms with Crippen molar-refractivity contribution >= 4 is 17.0 Å². The Morgan fingerprint density at radius 3 is 2.82 bits per heavy atom. The maximum absolute atomic E-state index is 9.04. The van der Waals surface area contributed by atoms with E-state index in [0.29, 0.717) is 10.6 Å². The first-order chi connectivity index (χ1) is 8.19. The number of rotatable bonds is 3. The van der Waals surface area contributed by atoms with Crippen molar-refractivity contribution in [1.82, 2.24) is 0 Å².